The van der Waals surface area contributed by atoms with Crippen molar-refractivity contribution in [3.8, 4) is 0 Å². The maximum Gasteiger partial charge on any atom is 0.287 e. The monoisotopic (exact) mass is 284 g/mol. The number of fused-ring (bicyclic) bond motifs is 1. The number of aliphatic hydroxyl groups is 1. The molecule has 0 aliphatic carbocycles. The molecule has 108 valence electrons. The predicted octanol–water partition coefficient (Wildman–Crippen LogP) is 2.23. The highest BCUT2D eigenvalue weighted by Crippen LogP contribution is 2.25. The molecule has 0 fully saturated rings. The molecular weight excluding hydrogens is 268 g/mol. The van der Waals surface area contributed by atoms with Crippen molar-refractivity contribution in [3.63, 3.8) is 0 Å². The Kier molecular flexibility index (Phi) is 3.50. The minimum atomic E-state index is -0.769. The molecule has 0 saturated heterocycles. The number of carbonyl (C=O) groups is 1. The largest absolute Gasteiger partial charge is 0.459 e. The molecule has 2 N–H and O–H groups in total. The molecule has 0 spiro atoms. The van der Waals surface area contributed by atoms with Gasteiger partial charge in [0.25, 0.3) is 5.91 Å². The molecule has 0 bridgehead atoms. The number of nitrogens with zero attached hydrogens (tertiary/aromatic N) is 1. The number of furan rings is 1. The van der Waals surface area contributed by atoms with Gasteiger partial charge in [-0.15, -0.1) is 0 Å². The molecule has 0 aliphatic rings. The van der Waals surface area contributed by atoms with Gasteiger partial charge in [-0.25, -0.2) is 0 Å². The molecule has 21 heavy (non-hydrogen) atoms. The van der Waals surface area contributed by atoms with Gasteiger partial charge in [-0.3, -0.25) is 4.79 Å². The van der Waals surface area contributed by atoms with Crippen LogP contribution in [-0.4, -0.2) is 22.1 Å². The van der Waals surface area contributed by atoms with Crippen LogP contribution in [0.15, 0.2) is 53.3 Å². The first-order valence-corrected chi connectivity index (χ1v) is 6.70. The van der Waals surface area contributed by atoms with Crippen LogP contribution in [0.4, 0.5) is 0 Å². The van der Waals surface area contributed by atoms with Crippen LogP contribution in [-0.2, 0) is 7.05 Å². The third kappa shape index (κ3) is 2.55. The highest BCUT2D eigenvalue weighted by atomic mass is 16.3. The van der Waals surface area contributed by atoms with E-state index < -0.39 is 6.10 Å². The summed E-state index contributed by atoms with van der Waals surface area (Å²) in [6.07, 6.45) is 2.56. The van der Waals surface area contributed by atoms with Crippen molar-refractivity contribution >= 4 is 16.8 Å². The molecule has 2 heterocycles. The van der Waals surface area contributed by atoms with Gasteiger partial charge in [0, 0.05) is 36.3 Å². The summed E-state index contributed by atoms with van der Waals surface area (Å²) in [6, 6.07) is 11.1. The van der Waals surface area contributed by atoms with Crippen LogP contribution in [0, 0.1) is 0 Å². The maximum atomic E-state index is 11.8. The van der Waals surface area contributed by atoms with Gasteiger partial charge in [0.15, 0.2) is 5.76 Å². The Morgan fingerprint density at radius 1 is 1.33 bits per heavy atom. The second kappa shape index (κ2) is 5.46. The quantitative estimate of drug-likeness (QED) is 0.772. The summed E-state index contributed by atoms with van der Waals surface area (Å²) in [5.74, 6) is -0.0978. The van der Waals surface area contributed by atoms with Crippen LogP contribution in [0.5, 0.6) is 0 Å². The van der Waals surface area contributed by atoms with E-state index in [0.717, 1.165) is 16.5 Å². The average molecular weight is 284 g/mol. The normalized spacial score (nSPS) is 12.5. The predicted molar refractivity (Wildman–Crippen MR) is 78.9 cm³/mol. The first-order valence-electron chi connectivity index (χ1n) is 6.70. The number of aryl methyl sites for hydroxylation is 1. The lowest BCUT2D eigenvalue weighted by Crippen LogP contribution is -2.27. The Bertz CT molecular complexity index is 759. The van der Waals surface area contributed by atoms with Gasteiger partial charge in [0.1, 0.15) is 0 Å². The second-order valence-corrected chi connectivity index (χ2v) is 4.92. The summed E-state index contributed by atoms with van der Waals surface area (Å²) in [6.45, 7) is 0.132. The van der Waals surface area contributed by atoms with Crippen molar-refractivity contribution in [2.45, 2.75) is 6.10 Å². The average Bonchev–Trinajstić information content (AvgIpc) is 3.13. The highest BCUT2D eigenvalue weighted by molar-refractivity contribution is 5.91. The topological polar surface area (TPSA) is 67.4 Å². The van der Waals surface area contributed by atoms with Crippen molar-refractivity contribution in [3.05, 3.63) is 60.2 Å². The molecule has 5 heteroatoms. The van der Waals surface area contributed by atoms with Gasteiger partial charge in [-0.2, -0.15) is 0 Å². The molecule has 3 rings (SSSR count). The number of aromatic nitrogens is 1. The minimum absolute atomic E-state index is 0.132. The lowest BCUT2D eigenvalue weighted by molar-refractivity contribution is 0.0889. The summed E-state index contributed by atoms with van der Waals surface area (Å²) in [7, 11) is 1.93. The number of aliphatic hydroxyl groups excluding tert-OH is 1. The fourth-order valence-electron chi connectivity index (χ4n) is 2.43. The smallest absolute Gasteiger partial charge is 0.287 e. The molecule has 5 nitrogen and oxygen atoms in total. The lowest BCUT2D eigenvalue weighted by atomic mass is 10.1. The van der Waals surface area contributed by atoms with Gasteiger partial charge < -0.3 is 19.4 Å². The van der Waals surface area contributed by atoms with Crippen LogP contribution >= 0.6 is 0 Å². The molecule has 1 amide bonds. The van der Waals surface area contributed by atoms with Gasteiger partial charge in [-0.05, 0) is 18.2 Å². The van der Waals surface area contributed by atoms with Gasteiger partial charge in [0.05, 0.1) is 12.4 Å². The third-order valence-corrected chi connectivity index (χ3v) is 3.49. The Morgan fingerprint density at radius 3 is 2.90 bits per heavy atom. The molecular formula is C16H16N2O3. The van der Waals surface area contributed by atoms with E-state index in [1.165, 1.54) is 6.26 Å². The zero-order valence-electron chi connectivity index (χ0n) is 11.6. The van der Waals surface area contributed by atoms with Gasteiger partial charge in [-0.1, -0.05) is 18.2 Å². The fraction of sp³-hybridized carbons (Fsp3) is 0.188. The van der Waals surface area contributed by atoms with E-state index in [-0.39, 0.29) is 18.2 Å². The summed E-state index contributed by atoms with van der Waals surface area (Å²) >= 11 is 0. The van der Waals surface area contributed by atoms with Crippen LogP contribution in [0.3, 0.4) is 0 Å². The maximum absolute atomic E-state index is 11.8. The van der Waals surface area contributed by atoms with E-state index in [4.69, 9.17) is 4.42 Å². The summed E-state index contributed by atoms with van der Waals surface area (Å²) < 4.78 is 6.97. The molecule has 0 radical (unpaired) electrons. The minimum Gasteiger partial charge on any atom is -0.459 e. The Hall–Kier alpha value is -2.53. The molecule has 0 saturated carbocycles. The number of para-hydroxylation sites is 1. The van der Waals surface area contributed by atoms with E-state index in [2.05, 4.69) is 5.32 Å². The number of hydrogen-bond donors (Lipinski definition) is 2. The van der Waals surface area contributed by atoms with Gasteiger partial charge in [0.2, 0.25) is 0 Å². The van der Waals surface area contributed by atoms with Gasteiger partial charge >= 0.3 is 0 Å². The van der Waals surface area contributed by atoms with Crippen LogP contribution in [0.1, 0.15) is 22.2 Å². The molecule has 0 aliphatic heterocycles. The SMILES string of the molecule is Cn1cc([C@H](O)CNC(=O)c2ccco2)c2ccccc21. The van der Waals surface area contributed by atoms with Crippen molar-refractivity contribution in [2.24, 2.45) is 7.05 Å². The molecule has 1 atom stereocenters. The van der Waals surface area contributed by atoms with Crippen molar-refractivity contribution < 1.29 is 14.3 Å². The number of nitrogens with one attached hydrogen (secondary N) is 1. The Morgan fingerprint density at radius 2 is 2.14 bits per heavy atom. The standard InChI is InChI=1S/C16H16N2O3/c1-18-10-12(11-5-2-3-6-13(11)18)14(19)9-17-16(20)15-7-4-8-21-15/h2-8,10,14,19H,9H2,1H3,(H,17,20)/t14-/m1/s1. The van der Waals surface area contributed by atoms with Crippen LogP contribution in [0.25, 0.3) is 10.9 Å². The van der Waals surface area contributed by atoms with Crippen molar-refractivity contribution in [1.82, 2.24) is 9.88 Å². The molecule has 0 unspecified atom stereocenters. The first kappa shape index (κ1) is 13.5. The van der Waals surface area contributed by atoms with E-state index in [1.807, 2.05) is 42.1 Å². The van der Waals surface area contributed by atoms with Crippen molar-refractivity contribution in [1.29, 1.82) is 0 Å². The third-order valence-electron chi connectivity index (χ3n) is 3.49. The fourth-order valence-corrected chi connectivity index (χ4v) is 2.43. The summed E-state index contributed by atoms with van der Waals surface area (Å²) in [4.78, 5) is 11.8. The highest BCUT2D eigenvalue weighted by Gasteiger charge is 2.16. The first-order chi connectivity index (χ1) is 10.2. The van der Waals surface area contributed by atoms with E-state index >= 15 is 0 Å². The lowest BCUT2D eigenvalue weighted by Gasteiger charge is -2.10. The number of amides is 1. The second-order valence-electron chi connectivity index (χ2n) is 4.92. The van der Waals surface area contributed by atoms with E-state index in [1.54, 1.807) is 12.1 Å². The van der Waals surface area contributed by atoms with Crippen LogP contribution in [0.2, 0.25) is 0 Å². The van der Waals surface area contributed by atoms with E-state index in [9.17, 15) is 9.90 Å². The number of carbonyl (C=O) groups excluding carboxylic acids is 1. The molecule has 3 aromatic rings. The number of hydrogen-bond acceptors (Lipinski definition) is 3. The molecule has 1 aromatic carbocycles. The van der Waals surface area contributed by atoms with Crippen LogP contribution < -0.4 is 5.32 Å². The summed E-state index contributed by atoms with van der Waals surface area (Å²) in [5.41, 5.74) is 1.84. The zero-order chi connectivity index (χ0) is 14.8. The summed E-state index contributed by atoms with van der Waals surface area (Å²) in [5, 5.41) is 14.0. The van der Waals surface area contributed by atoms with Crippen molar-refractivity contribution in [2.75, 3.05) is 6.54 Å². The molecule has 2 aromatic heterocycles. The Balaban J connectivity index is 1.75. The number of benzene rings is 1. The number of rotatable bonds is 4. The zero-order valence-corrected chi connectivity index (χ0v) is 11.6. The van der Waals surface area contributed by atoms with E-state index in [0.29, 0.717) is 0 Å². The Labute approximate surface area is 121 Å².